The van der Waals surface area contributed by atoms with Crippen molar-refractivity contribution in [3.05, 3.63) is 0 Å². The van der Waals surface area contributed by atoms with E-state index in [2.05, 4.69) is 18.7 Å². The summed E-state index contributed by atoms with van der Waals surface area (Å²) in [5.41, 5.74) is 0.514. The molecule has 4 aliphatic carbocycles. The van der Waals surface area contributed by atoms with Crippen molar-refractivity contribution in [2.75, 3.05) is 13.2 Å². The first-order valence-electron chi connectivity index (χ1n) is 14.5. The Morgan fingerprint density at radius 3 is 2.48 bits per heavy atom. The molecule has 0 aromatic rings. The zero-order chi connectivity index (χ0) is 23.2. The minimum atomic E-state index is -0.541. The van der Waals surface area contributed by atoms with Crippen LogP contribution < -0.4 is 0 Å². The summed E-state index contributed by atoms with van der Waals surface area (Å²) in [6, 6.07) is 0. The number of likely N-dealkylation sites (tertiary alicyclic amines) is 1. The summed E-state index contributed by atoms with van der Waals surface area (Å²) in [4.78, 5) is 16.1. The van der Waals surface area contributed by atoms with Gasteiger partial charge in [0.15, 0.2) is 0 Å². The average molecular weight is 460 g/mol. The molecule has 0 bridgehead atoms. The van der Waals surface area contributed by atoms with E-state index in [-0.39, 0.29) is 12.1 Å². The molecule has 5 aliphatic rings. The van der Waals surface area contributed by atoms with E-state index in [9.17, 15) is 15.0 Å². The fourth-order valence-corrected chi connectivity index (χ4v) is 9.84. The lowest BCUT2D eigenvalue weighted by molar-refractivity contribution is -0.169. The van der Waals surface area contributed by atoms with Gasteiger partial charge in [-0.25, -0.2) is 0 Å². The maximum atomic E-state index is 13.7. The predicted octanol–water partition coefficient (Wildman–Crippen LogP) is 5.55. The molecule has 4 nitrogen and oxygen atoms in total. The molecule has 1 saturated heterocycles. The Balaban J connectivity index is 1.31. The summed E-state index contributed by atoms with van der Waals surface area (Å²) >= 11 is 0. The SMILES string of the molecule is C[C@]12CC[C@H]3[C@H](CCC4CC(CC(O)CO)CC[C@]43C)[C@@H]1CCCN2C(=O)C1CCCCC1. The second-order valence-corrected chi connectivity index (χ2v) is 13.2. The van der Waals surface area contributed by atoms with Gasteiger partial charge in [-0.05, 0) is 119 Å². The van der Waals surface area contributed by atoms with Crippen molar-refractivity contribution < 1.29 is 15.0 Å². The number of hydrogen-bond donors (Lipinski definition) is 2. The van der Waals surface area contributed by atoms with Crippen molar-refractivity contribution in [1.29, 1.82) is 0 Å². The van der Waals surface area contributed by atoms with Crippen LogP contribution in [-0.2, 0) is 4.79 Å². The van der Waals surface area contributed by atoms with E-state index in [1.807, 2.05) is 0 Å². The minimum absolute atomic E-state index is 0.0829. The Morgan fingerprint density at radius 2 is 1.73 bits per heavy atom. The maximum absolute atomic E-state index is 13.7. The fraction of sp³-hybridized carbons (Fsp3) is 0.966. The molecule has 5 fully saturated rings. The molecule has 0 aromatic heterocycles. The molecule has 0 radical (unpaired) electrons. The third-order valence-corrected chi connectivity index (χ3v) is 11.7. The largest absolute Gasteiger partial charge is 0.394 e. The molecule has 188 valence electrons. The van der Waals surface area contributed by atoms with Crippen molar-refractivity contribution in [2.24, 2.45) is 40.9 Å². The highest BCUT2D eigenvalue weighted by Crippen LogP contribution is 2.64. The van der Waals surface area contributed by atoms with Gasteiger partial charge in [0.25, 0.3) is 0 Å². The Morgan fingerprint density at radius 1 is 0.939 bits per heavy atom. The van der Waals surface area contributed by atoms with E-state index in [0.29, 0.717) is 29.1 Å². The van der Waals surface area contributed by atoms with Crippen LogP contribution in [0.3, 0.4) is 0 Å². The highest BCUT2D eigenvalue weighted by molar-refractivity contribution is 5.80. The summed E-state index contributed by atoms with van der Waals surface area (Å²) in [6.45, 7) is 5.97. The van der Waals surface area contributed by atoms with E-state index < -0.39 is 6.10 Å². The van der Waals surface area contributed by atoms with Gasteiger partial charge in [-0.1, -0.05) is 26.2 Å². The molecule has 4 saturated carbocycles. The van der Waals surface area contributed by atoms with Crippen LogP contribution in [0.1, 0.15) is 110 Å². The van der Waals surface area contributed by atoms with Crippen LogP contribution in [0.4, 0.5) is 0 Å². The molecular weight excluding hydrogens is 410 g/mol. The molecule has 1 amide bonds. The summed E-state index contributed by atoms with van der Waals surface area (Å²) in [7, 11) is 0. The van der Waals surface area contributed by atoms with Gasteiger partial charge in [0, 0.05) is 18.0 Å². The molecule has 2 N–H and O–H groups in total. The quantitative estimate of drug-likeness (QED) is 0.579. The van der Waals surface area contributed by atoms with Crippen molar-refractivity contribution in [1.82, 2.24) is 4.90 Å². The second kappa shape index (κ2) is 9.45. The van der Waals surface area contributed by atoms with E-state index in [0.717, 1.165) is 43.6 Å². The molecule has 1 heterocycles. The molecule has 0 spiro atoms. The molecule has 3 unspecified atom stereocenters. The van der Waals surface area contributed by atoms with Crippen molar-refractivity contribution in [3.63, 3.8) is 0 Å². The van der Waals surface area contributed by atoms with E-state index in [4.69, 9.17) is 0 Å². The average Bonchev–Trinajstić information content (AvgIpc) is 2.83. The number of aliphatic hydroxyl groups is 2. The zero-order valence-electron chi connectivity index (χ0n) is 21.3. The number of amides is 1. The summed E-state index contributed by atoms with van der Waals surface area (Å²) < 4.78 is 0. The highest BCUT2D eigenvalue weighted by atomic mass is 16.3. The van der Waals surface area contributed by atoms with Gasteiger partial charge in [-0.15, -0.1) is 0 Å². The van der Waals surface area contributed by atoms with Gasteiger partial charge in [-0.2, -0.15) is 0 Å². The van der Waals surface area contributed by atoms with Crippen LogP contribution in [0.25, 0.3) is 0 Å². The zero-order valence-corrected chi connectivity index (χ0v) is 21.3. The normalized spacial score (nSPS) is 45.0. The topological polar surface area (TPSA) is 60.8 Å². The number of carbonyl (C=O) groups is 1. The van der Waals surface area contributed by atoms with Gasteiger partial charge in [-0.3, -0.25) is 4.79 Å². The molecule has 5 rings (SSSR count). The molecule has 1 aliphatic heterocycles. The van der Waals surface area contributed by atoms with Gasteiger partial charge >= 0.3 is 0 Å². The number of rotatable bonds is 4. The Hall–Kier alpha value is -0.610. The summed E-state index contributed by atoms with van der Waals surface area (Å²) in [5, 5.41) is 19.3. The summed E-state index contributed by atoms with van der Waals surface area (Å²) in [5.74, 6) is 4.43. The van der Waals surface area contributed by atoms with Crippen LogP contribution >= 0.6 is 0 Å². The van der Waals surface area contributed by atoms with Gasteiger partial charge < -0.3 is 15.1 Å². The number of fused-ring (bicyclic) bond motifs is 5. The predicted molar refractivity (Wildman–Crippen MR) is 132 cm³/mol. The second-order valence-electron chi connectivity index (χ2n) is 13.2. The standard InChI is InChI=1S/C29H49NO3/c1-28-14-12-20(18-23(32)19-31)17-22(28)10-11-24-25(28)13-15-29(2)26(24)9-6-16-30(29)27(33)21-7-4-3-5-8-21/h20-26,31-32H,3-19H2,1-2H3/t20?,22?,23?,24-,25-,26-,28+,29-/m0/s1. The van der Waals surface area contributed by atoms with E-state index in [1.165, 1.54) is 77.0 Å². The third kappa shape index (κ3) is 4.20. The van der Waals surface area contributed by atoms with Crippen LogP contribution in [0.5, 0.6) is 0 Å². The van der Waals surface area contributed by atoms with Crippen LogP contribution in [0.15, 0.2) is 0 Å². The Bertz CT molecular complexity index is 705. The van der Waals surface area contributed by atoms with Crippen molar-refractivity contribution >= 4 is 5.91 Å². The first-order chi connectivity index (χ1) is 15.9. The van der Waals surface area contributed by atoms with Crippen LogP contribution in [0, 0.1) is 40.9 Å². The first kappa shape index (κ1) is 24.1. The number of carbonyl (C=O) groups excluding carboxylic acids is 1. The third-order valence-electron chi connectivity index (χ3n) is 11.7. The first-order valence-corrected chi connectivity index (χ1v) is 14.5. The highest BCUT2D eigenvalue weighted by Gasteiger charge is 2.59. The monoisotopic (exact) mass is 459 g/mol. The Labute approximate surface area is 201 Å². The van der Waals surface area contributed by atoms with Gasteiger partial charge in [0.05, 0.1) is 12.7 Å². The Kier molecular flexibility index (Phi) is 6.90. The van der Waals surface area contributed by atoms with Crippen LogP contribution in [-0.4, -0.2) is 45.8 Å². The molecule has 0 aromatic carbocycles. The smallest absolute Gasteiger partial charge is 0.226 e. The fourth-order valence-electron chi connectivity index (χ4n) is 9.84. The number of nitrogens with zero attached hydrogens (tertiary/aromatic N) is 1. The lowest BCUT2D eigenvalue weighted by Crippen LogP contribution is -2.65. The van der Waals surface area contributed by atoms with E-state index >= 15 is 0 Å². The lowest BCUT2D eigenvalue weighted by atomic mass is 9.44. The number of piperidine rings is 1. The van der Waals surface area contributed by atoms with Crippen LogP contribution in [0.2, 0.25) is 0 Å². The summed E-state index contributed by atoms with van der Waals surface area (Å²) in [6.07, 6.45) is 17.7. The molecular formula is C29H49NO3. The number of aliphatic hydroxyl groups excluding tert-OH is 2. The molecule has 4 heteroatoms. The number of hydrogen-bond acceptors (Lipinski definition) is 3. The minimum Gasteiger partial charge on any atom is -0.394 e. The van der Waals surface area contributed by atoms with Crippen molar-refractivity contribution in [3.8, 4) is 0 Å². The molecule has 8 atom stereocenters. The molecule has 33 heavy (non-hydrogen) atoms. The van der Waals surface area contributed by atoms with Gasteiger partial charge in [0.1, 0.15) is 0 Å². The van der Waals surface area contributed by atoms with Crippen molar-refractivity contribution in [2.45, 2.75) is 122 Å². The van der Waals surface area contributed by atoms with Gasteiger partial charge in [0.2, 0.25) is 5.91 Å². The maximum Gasteiger partial charge on any atom is 0.226 e. The lowest BCUT2D eigenvalue weighted by Gasteiger charge is -2.64. The van der Waals surface area contributed by atoms with E-state index in [1.54, 1.807) is 0 Å².